The molecule has 0 aliphatic carbocycles. The molecule has 20 heavy (non-hydrogen) atoms. The number of pyridine rings is 1. The number of alkyl halides is 3. The van der Waals surface area contributed by atoms with Crippen LogP contribution in [0.25, 0.3) is 11.4 Å². The molecule has 0 bridgehead atoms. The van der Waals surface area contributed by atoms with E-state index in [2.05, 4.69) is 10.1 Å². The lowest BCUT2D eigenvalue weighted by atomic mass is 10.1. The van der Waals surface area contributed by atoms with E-state index in [-0.39, 0.29) is 5.69 Å². The third kappa shape index (κ3) is 2.40. The van der Waals surface area contributed by atoms with Crippen LogP contribution in [0, 0.1) is 20.8 Å². The molecule has 2 aromatic rings. The van der Waals surface area contributed by atoms with Crippen LogP contribution >= 0.6 is 11.6 Å². The number of hydrogen-bond acceptors (Lipinski definition) is 2. The van der Waals surface area contributed by atoms with Crippen molar-refractivity contribution in [3.05, 3.63) is 33.6 Å². The zero-order valence-electron chi connectivity index (χ0n) is 11.4. The molecule has 3 nitrogen and oxygen atoms in total. The van der Waals surface area contributed by atoms with Gasteiger partial charge in [-0.05, 0) is 32.4 Å². The van der Waals surface area contributed by atoms with E-state index in [0.29, 0.717) is 27.7 Å². The van der Waals surface area contributed by atoms with E-state index in [0.717, 1.165) is 6.07 Å². The molecule has 108 valence electrons. The Morgan fingerprint density at radius 2 is 1.75 bits per heavy atom. The monoisotopic (exact) mass is 303 g/mol. The molecule has 0 fully saturated rings. The Bertz CT molecular complexity index is 674. The van der Waals surface area contributed by atoms with Gasteiger partial charge in [0.15, 0.2) is 0 Å². The van der Waals surface area contributed by atoms with Gasteiger partial charge in [-0.2, -0.15) is 18.3 Å². The number of nitrogens with zero attached hydrogens (tertiary/aromatic N) is 3. The van der Waals surface area contributed by atoms with Crippen molar-refractivity contribution < 1.29 is 13.2 Å². The topological polar surface area (TPSA) is 30.7 Å². The summed E-state index contributed by atoms with van der Waals surface area (Å²) in [6, 6.07) is 1.10. The fourth-order valence-electron chi connectivity index (χ4n) is 2.07. The summed E-state index contributed by atoms with van der Waals surface area (Å²) >= 11 is 6.04. The molecule has 2 rings (SSSR count). The molecule has 0 N–H and O–H groups in total. The van der Waals surface area contributed by atoms with Gasteiger partial charge < -0.3 is 0 Å². The van der Waals surface area contributed by atoms with Crippen molar-refractivity contribution in [2.75, 3.05) is 0 Å². The molecule has 0 aliphatic rings. The summed E-state index contributed by atoms with van der Waals surface area (Å²) in [5.74, 6) is 0. The third-order valence-corrected chi connectivity index (χ3v) is 3.66. The maximum Gasteiger partial charge on any atom is 0.418 e. The lowest BCUT2D eigenvalue weighted by Gasteiger charge is -2.13. The van der Waals surface area contributed by atoms with Gasteiger partial charge in [-0.15, -0.1) is 0 Å². The Morgan fingerprint density at radius 1 is 1.15 bits per heavy atom. The van der Waals surface area contributed by atoms with Crippen molar-refractivity contribution >= 4 is 11.6 Å². The number of halogens is 4. The molecule has 7 heteroatoms. The molecule has 0 aliphatic heterocycles. The minimum atomic E-state index is -4.41. The predicted molar refractivity (Wildman–Crippen MR) is 70.7 cm³/mol. The van der Waals surface area contributed by atoms with E-state index in [1.807, 2.05) is 0 Å². The van der Waals surface area contributed by atoms with Gasteiger partial charge in [0.05, 0.1) is 17.0 Å². The maximum atomic E-state index is 12.8. The highest BCUT2D eigenvalue weighted by Gasteiger charge is 2.34. The van der Waals surface area contributed by atoms with Crippen molar-refractivity contribution in [3.8, 4) is 11.4 Å². The Morgan fingerprint density at radius 3 is 2.20 bits per heavy atom. The predicted octanol–water partition coefficient (Wildman–Crippen LogP) is 4.08. The largest absolute Gasteiger partial charge is 0.418 e. The first-order valence-corrected chi connectivity index (χ1v) is 6.25. The average Bonchev–Trinajstić information content (AvgIpc) is 2.58. The zero-order valence-corrected chi connectivity index (χ0v) is 12.2. The normalized spacial score (nSPS) is 12.0. The fourth-order valence-corrected chi connectivity index (χ4v) is 2.19. The van der Waals surface area contributed by atoms with Crippen LogP contribution < -0.4 is 0 Å². The van der Waals surface area contributed by atoms with Crippen LogP contribution in [0.15, 0.2) is 6.07 Å². The van der Waals surface area contributed by atoms with Gasteiger partial charge in [-0.1, -0.05) is 11.6 Å². The van der Waals surface area contributed by atoms with Gasteiger partial charge in [0.2, 0.25) is 0 Å². The van der Waals surface area contributed by atoms with Gasteiger partial charge in [0.25, 0.3) is 0 Å². The lowest BCUT2D eigenvalue weighted by molar-refractivity contribution is -0.138. The molecular formula is C13H13ClF3N3. The van der Waals surface area contributed by atoms with Crippen LogP contribution in [0.5, 0.6) is 0 Å². The summed E-state index contributed by atoms with van der Waals surface area (Å²) in [5, 5.41) is 4.66. The van der Waals surface area contributed by atoms with Crippen molar-refractivity contribution in [2.45, 2.75) is 26.9 Å². The SMILES string of the molecule is Cc1cc(C(F)(F)F)c(C)nc1-c1nn(C)c(Cl)c1C. The van der Waals surface area contributed by atoms with Gasteiger partial charge in [-0.25, -0.2) is 0 Å². The first kappa shape index (κ1) is 14.8. The van der Waals surface area contributed by atoms with E-state index in [1.54, 1.807) is 20.9 Å². The highest BCUT2D eigenvalue weighted by molar-refractivity contribution is 6.30. The molecule has 0 atom stereocenters. The minimum absolute atomic E-state index is 0.0701. The minimum Gasteiger partial charge on any atom is -0.256 e. The molecule has 2 aromatic heterocycles. The molecule has 0 spiro atoms. The second-order valence-corrected chi connectivity index (χ2v) is 5.03. The molecule has 0 aromatic carbocycles. The first-order chi connectivity index (χ1) is 9.12. The Kier molecular flexibility index (Phi) is 3.54. The van der Waals surface area contributed by atoms with E-state index in [1.165, 1.54) is 11.6 Å². The first-order valence-electron chi connectivity index (χ1n) is 5.87. The smallest absolute Gasteiger partial charge is 0.256 e. The molecule has 0 radical (unpaired) electrons. The number of hydrogen-bond donors (Lipinski definition) is 0. The number of aryl methyl sites for hydroxylation is 3. The molecule has 0 saturated heterocycles. The van der Waals surface area contributed by atoms with Crippen molar-refractivity contribution in [3.63, 3.8) is 0 Å². The second-order valence-electron chi connectivity index (χ2n) is 4.67. The standard InChI is InChI=1S/C13H13ClF3N3/c1-6-5-9(13(15,16)17)8(3)18-10(6)11-7(2)12(14)20(4)19-11/h5H,1-4H3. The van der Waals surface area contributed by atoms with Crippen LogP contribution in [-0.4, -0.2) is 14.8 Å². The summed E-state index contributed by atoms with van der Waals surface area (Å²) in [7, 11) is 1.67. The van der Waals surface area contributed by atoms with Gasteiger partial charge >= 0.3 is 6.18 Å². The van der Waals surface area contributed by atoms with Crippen molar-refractivity contribution in [1.29, 1.82) is 0 Å². The van der Waals surface area contributed by atoms with Crippen molar-refractivity contribution in [2.24, 2.45) is 7.05 Å². The average molecular weight is 304 g/mol. The highest BCUT2D eigenvalue weighted by atomic mass is 35.5. The van der Waals surface area contributed by atoms with E-state index >= 15 is 0 Å². The Balaban J connectivity index is 2.65. The molecule has 0 amide bonds. The second kappa shape index (κ2) is 4.77. The maximum absolute atomic E-state index is 12.8. The molecule has 0 unspecified atom stereocenters. The van der Waals surface area contributed by atoms with E-state index < -0.39 is 11.7 Å². The van der Waals surface area contributed by atoms with Crippen LogP contribution in [-0.2, 0) is 13.2 Å². The summed E-state index contributed by atoms with van der Waals surface area (Å²) in [5.41, 5.74) is 1.25. The summed E-state index contributed by atoms with van der Waals surface area (Å²) in [6.07, 6.45) is -4.41. The number of rotatable bonds is 1. The van der Waals surface area contributed by atoms with Crippen molar-refractivity contribution in [1.82, 2.24) is 14.8 Å². The number of aromatic nitrogens is 3. The lowest BCUT2D eigenvalue weighted by Crippen LogP contribution is -2.10. The highest BCUT2D eigenvalue weighted by Crippen LogP contribution is 2.35. The summed E-state index contributed by atoms with van der Waals surface area (Å²) in [4.78, 5) is 4.07. The van der Waals surface area contributed by atoms with Gasteiger partial charge in [0, 0.05) is 12.6 Å². The van der Waals surface area contributed by atoms with Crippen LogP contribution in [0.2, 0.25) is 5.15 Å². The van der Waals surface area contributed by atoms with Gasteiger partial charge in [0.1, 0.15) is 10.8 Å². The quantitative estimate of drug-likeness (QED) is 0.795. The molecule has 2 heterocycles. The zero-order chi connectivity index (χ0) is 15.2. The summed E-state index contributed by atoms with van der Waals surface area (Å²) < 4.78 is 40.0. The Hall–Kier alpha value is -1.56. The third-order valence-electron chi connectivity index (χ3n) is 3.13. The van der Waals surface area contributed by atoms with Gasteiger partial charge in [-0.3, -0.25) is 9.67 Å². The van der Waals surface area contributed by atoms with E-state index in [4.69, 9.17) is 11.6 Å². The summed E-state index contributed by atoms with van der Waals surface area (Å²) in [6.45, 7) is 4.68. The Labute approximate surface area is 119 Å². The molecular weight excluding hydrogens is 291 g/mol. The molecule has 0 saturated carbocycles. The fraction of sp³-hybridized carbons (Fsp3) is 0.385. The van der Waals surface area contributed by atoms with Crippen LogP contribution in [0.3, 0.4) is 0 Å². The van der Waals surface area contributed by atoms with Crippen LogP contribution in [0.1, 0.15) is 22.4 Å². The van der Waals surface area contributed by atoms with E-state index in [9.17, 15) is 13.2 Å². The van der Waals surface area contributed by atoms with Crippen LogP contribution in [0.4, 0.5) is 13.2 Å².